The van der Waals surface area contributed by atoms with Crippen molar-refractivity contribution in [3.63, 3.8) is 0 Å². The quantitative estimate of drug-likeness (QED) is 0.896. The van der Waals surface area contributed by atoms with Crippen LogP contribution in [0.1, 0.15) is 48.9 Å². The van der Waals surface area contributed by atoms with Crippen molar-refractivity contribution in [3.05, 3.63) is 41.2 Å². The van der Waals surface area contributed by atoms with E-state index in [1.807, 2.05) is 0 Å². The molecule has 0 saturated heterocycles. The van der Waals surface area contributed by atoms with Gasteiger partial charge in [0.2, 0.25) is 5.95 Å². The van der Waals surface area contributed by atoms with E-state index in [1.165, 1.54) is 48.9 Å². The minimum Gasteiger partial charge on any atom is -0.353 e. The van der Waals surface area contributed by atoms with Gasteiger partial charge >= 0.3 is 0 Å². The summed E-state index contributed by atoms with van der Waals surface area (Å²) < 4.78 is 2.19. The molecule has 3 heteroatoms. The number of aromatic nitrogens is 2. The fourth-order valence-electron chi connectivity index (χ4n) is 3.10. The summed E-state index contributed by atoms with van der Waals surface area (Å²) >= 11 is 0. The molecule has 1 aliphatic carbocycles. The van der Waals surface area contributed by atoms with Crippen LogP contribution in [0.4, 0.5) is 5.95 Å². The number of anilines is 1. The van der Waals surface area contributed by atoms with Gasteiger partial charge in [-0.3, -0.25) is 4.57 Å². The molecule has 1 aliphatic rings. The third-order valence-electron chi connectivity index (χ3n) is 4.53. The minimum absolute atomic E-state index is 0.575. The molecule has 3 rings (SSSR count). The van der Waals surface area contributed by atoms with Gasteiger partial charge in [-0.25, -0.2) is 4.98 Å². The molecule has 3 nitrogen and oxygen atoms in total. The first-order valence-electron chi connectivity index (χ1n) is 8.03. The Kier molecular flexibility index (Phi) is 4.00. The number of nitrogens with zero attached hydrogens (tertiary/aromatic N) is 2. The Bertz CT molecular complexity index is 621. The van der Waals surface area contributed by atoms with Crippen molar-refractivity contribution in [1.29, 1.82) is 0 Å². The molecule has 0 atom stereocenters. The molecular weight excluding hydrogens is 258 g/mol. The highest BCUT2D eigenvalue weighted by Gasteiger charge is 2.16. The van der Waals surface area contributed by atoms with Crippen LogP contribution in [0.15, 0.2) is 24.4 Å². The van der Waals surface area contributed by atoms with Crippen LogP contribution in [0.2, 0.25) is 0 Å². The second-order valence-corrected chi connectivity index (χ2v) is 6.32. The molecule has 112 valence electrons. The molecule has 1 N–H and O–H groups in total. The van der Waals surface area contributed by atoms with Crippen molar-refractivity contribution in [2.45, 2.75) is 58.9 Å². The fourth-order valence-corrected chi connectivity index (χ4v) is 3.10. The average Bonchev–Trinajstić information content (AvgIpc) is 2.84. The standard InChI is InChI=1S/C18H25N3/c1-13-9-10-17(11-14(13)2)21-12-15(3)19-18(21)20-16-7-5-4-6-8-16/h9-12,16H,4-8H2,1-3H3,(H,19,20). The molecule has 0 amide bonds. The Morgan fingerprint density at radius 2 is 1.81 bits per heavy atom. The van der Waals surface area contributed by atoms with Crippen molar-refractivity contribution >= 4 is 5.95 Å². The molecule has 0 bridgehead atoms. The average molecular weight is 283 g/mol. The molecule has 1 aromatic carbocycles. The van der Waals surface area contributed by atoms with E-state index in [9.17, 15) is 0 Å². The molecule has 1 aromatic heterocycles. The van der Waals surface area contributed by atoms with Crippen LogP contribution < -0.4 is 5.32 Å². The lowest BCUT2D eigenvalue weighted by Gasteiger charge is -2.23. The van der Waals surface area contributed by atoms with Gasteiger partial charge in [-0.2, -0.15) is 0 Å². The maximum Gasteiger partial charge on any atom is 0.207 e. The van der Waals surface area contributed by atoms with Crippen molar-refractivity contribution in [2.24, 2.45) is 0 Å². The highest BCUT2D eigenvalue weighted by molar-refractivity contribution is 5.46. The highest BCUT2D eigenvalue weighted by atomic mass is 15.2. The van der Waals surface area contributed by atoms with E-state index in [0.717, 1.165) is 11.6 Å². The van der Waals surface area contributed by atoms with Crippen molar-refractivity contribution in [3.8, 4) is 5.69 Å². The van der Waals surface area contributed by atoms with Crippen molar-refractivity contribution in [1.82, 2.24) is 9.55 Å². The Morgan fingerprint density at radius 3 is 2.52 bits per heavy atom. The van der Waals surface area contributed by atoms with Gasteiger partial charge in [0.1, 0.15) is 0 Å². The molecule has 1 heterocycles. The van der Waals surface area contributed by atoms with Gasteiger partial charge in [0.05, 0.1) is 5.69 Å². The molecular formula is C18H25N3. The third-order valence-corrected chi connectivity index (χ3v) is 4.53. The first-order chi connectivity index (χ1) is 10.1. The van der Waals surface area contributed by atoms with Gasteiger partial charge in [-0.15, -0.1) is 0 Å². The van der Waals surface area contributed by atoms with Crippen molar-refractivity contribution in [2.75, 3.05) is 5.32 Å². The molecule has 2 aromatic rings. The second-order valence-electron chi connectivity index (χ2n) is 6.32. The SMILES string of the molecule is Cc1cn(-c2ccc(C)c(C)c2)c(NC2CCCCC2)n1. The van der Waals surface area contributed by atoms with Gasteiger partial charge in [0, 0.05) is 17.9 Å². The summed E-state index contributed by atoms with van der Waals surface area (Å²) in [5, 5.41) is 3.65. The van der Waals surface area contributed by atoms with E-state index in [1.54, 1.807) is 0 Å². The first kappa shape index (κ1) is 14.2. The van der Waals surface area contributed by atoms with Crippen LogP contribution in [-0.2, 0) is 0 Å². The maximum absolute atomic E-state index is 4.69. The number of imidazole rings is 1. The number of rotatable bonds is 3. The van der Waals surface area contributed by atoms with E-state index in [2.05, 4.69) is 60.0 Å². The number of hydrogen-bond acceptors (Lipinski definition) is 2. The normalized spacial score (nSPS) is 16.1. The maximum atomic E-state index is 4.69. The van der Waals surface area contributed by atoms with Gasteiger partial charge in [0.15, 0.2) is 0 Å². The summed E-state index contributed by atoms with van der Waals surface area (Å²) in [7, 11) is 0. The van der Waals surface area contributed by atoms with Gasteiger partial charge in [-0.1, -0.05) is 25.3 Å². The summed E-state index contributed by atoms with van der Waals surface area (Å²) in [4.78, 5) is 4.69. The summed E-state index contributed by atoms with van der Waals surface area (Å²) in [6.45, 7) is 6.37. The topological polar surface area (TPSA) is 29.9 Å². The minimum atomic E-state index is 0.575. The monoisotopic (exact) mass is 283 g/mol. The fraction of sp³-hybridized carbons (Fsp3) is 0.500. The van der Waals surface area contributed by atoms with Crippen LogP contribution in [0.25, 0.3) is 5.69 Å². The predicted octanol–water partition coefficient (Wildman–Crippen LogP) is 4.54. The molecule has 0 radical (unpaired) electrons. The van der Waals surface area contributed by atoms with Gasteiger partial charge in [0.25, 0.3) is 0 Å². The van der Waals surface area contributed by atoms with Gasteiger partial charge < -0.3 is 5.32 Å². The zero-order chi connectivity index (χ0) is 14.8. The Balaban J connectivity index is 1.89. The Labute approximate surface area is 127 Å². The summed E-state index contributed by atoms with van der Waals surface area (Å²) in [6.07, 6.45) is 8.69. The van der Waals surface area contributed by atoms with E-state index in [0.29, 0.717) is 6.04 Å². The number of hydrogen-bond donors (Lipinski definition) is 1. The number of nitrogens with one attached hydrogen (secondary N) is 1. The predicted molar refractivity (Wildman–Crippen MR) is 88.3 cm³/mol. The van der Waals surface area contributed by atoms with Crippen LogP contribution >= 0.6 is 0 Å². The summed E-state index contributed by atoms with van der Waals surface area (Å²) in [5.74, 6) is 0.989. The zero-order valence-corrected chi connectivity index (χ0v) is 13.3. The van der Waals surface area contributed by atoms with Crippen LogP contribution in [0, 0.1) is 20.8 Å². The lowest BCUT2D eigenvalue weighted by atomic mass is 9.96. The summed E-state index contributed by atoms with van der Waals surface area (Å²) in [5.41, 5.74) is 4.91. The molecule has 0 spiro atoms. The van der Waals surface area contributed by atoms with E-state index in [-0.39, 0.29) is 0 Å². The molecule has 1 saturated carbocycles. The number of aryl methyl sites for hydroxylation is 3. The van der Waals surface area contributed by atoms with Gasteiger partial charge in [-0.05, 0) is 56.9 Å². The lowest BCUT2D eigenvalue weighted by molar-refractivity contribution is 0.460. The lowest BCUT2D eigenvalue weighted by Crippen LogP contribution is -2.24. The van der Waals surface area contributed by atoms with Crippen LogP contribution in [-0.4, -0.2) is 15.6 Å². The van der Waals surface area contributed by atoms with E-state index < -0.39 is 0 Å². The number of benzene rings is 1. The molecule has 1 fully saturated rings. The third kappa shape index (κ3) is 3.12. The van der Waals surface area contributed by atoms with Crippen LogP contribution in [0.3, 0.4) is 0 Å². The molecule has 21 heavy (non-hydrogen) atoms. The Hall–Kier alpha value is -1.77. The second kappa shape index (κ2) is 5.92. The summed E-state index contributed by atoms with van der Waals surface area (Å²) in [6, 6.07) is 7.17. The molecule has 0 aliphatic heterocycles. The highest BCUT2D eigenvalue weighted by Crippen LogP contribution is 2.24. The molecule has 0 unspecified atom stereocenters. The first-order valence-corrected chi connectivity index (χ1v) is 8.03. The smallest absolute Gasteiger partial charge is 0.207 e. The largest absolute Gasteiger partial charge is 0.353 e. The van der Waals surface area contributed by atoms with E-state index in [4.69, 9.17) is 0 Å². The Morgan fingerprint density at radius 1 is 1.05 bits per heavy atom. The van der Waals surface area contributed by atoms with Crippen LogP contribution in [0.5, 0.6) is 0 Å². The van der Waals surface area contributed by atoms with E-state index >= 15 is 0 Å². The zero-order valence-electron chi connectivity index (χ0n) is 13.3. The van der Waals surface area contributed by atoms with Crippen molar-refractivity contribution < 1.29 is 0 Å².